The van der Waals surface area contributed by atoms with Crippen molar-refractivity contribution in [1.82, 2.24) is 20.2 Å². The number of aliphatic carboxylic acids is 1. The van der Waals surface area contributed by atoms with Crippen molar-refractivity contribution in [3.8, 4) is 0 Å². The molecule has 0 spiro atoms. The van der Waals surface area contributed by atoms with Crippen molar-refractivity contribution >= 4 is 23.0 Å². The van der Waals surface area contributed by atoms with Gasteiger partial charge in [0.1, 0.15) is 5.82 Å². The molecule has 2 aromatic rings. The van der Waals surface area contributed by atoms with Gasteiger partial charge >= 0.3 is 12.0 Å². The third-order valence-corrected chi connectivity index (χ3v) is 4.08. The highest BCUT2D eigenvalue weighted by molar-refractivity contribution is 5.77. The molecule has 2 heterocycles. The molecule has 3 rings (SSSR count). The van der Waals surface area contributed by atoms with Gasteiger partial charge in [0.05, 0.1) is 17.1 Å². The second-order valence-electron chi connectivity index (χ2n) is 5.72. The Morgan fingerprint density at radius 2 is 2.22 bits per heavy atom. The Labute approximate surface area is 133 Å². The Balaban J connectivity index is 1.65. The SMILES string of the molecule is O=C(O)CCCNC(=O)N1CCCC1c1nc2ccccc2[nH]1. The third kappa shape index (κ3) is 3.44. The van der Waals surface area contributed by atoms with Crippen LogP contribution in [0.4, 0.5) is 4.79 Å². The molecule has 1 fully saturated rings. The highest BCUT2D eigenvalue weighted by Gasteiger charge is 2.31. The number of urea groups is 1. The average Bonchev–Trinajstić information content (AvgIpc) is 3.16. The van der Waals surface area contributed by atoms with Crippen LogP contribution in [0.25, 0.3) is 11.0 Å². The Morgan fingerprint density at radius 3 is 3.00 bits per heavy atom. The molecule has 1 atom stereocenters. The standard InChI is InChI=1S/C16H20N4O3/c21-14(22)8-3-9-17-16(23)20-10-4-7-13(20)15-18-11-5-1-2-6-12(11)19-15/h1-2,5-6,13H,3-4,7-10H2,(H,17,23)(H,18,19)(H,21,22). The number of imidazole rings is 1. The Hall–Kier alpha value is -2.57. The summed E-state index contributed by atoms with van der Waals surface area (Å²) in [6.07, 6.45) is 2.31. The average molecular weight is 316 g/mol. The van der Waals surface area contributed by atoms with Crippen molar-refractivity contribution in [2.24, 2.45) is 0 Å². The van der Waals surface area contributed by atoms with E-state index in [1.807, 2.05) is 24.3 Å². The summed E-state index contributed by atoms with van der Waals surface area (Å²) >= 11 is 0. The summed E-state index contributed by atoms with van der Waals surface area (Å²) in [5, 5.41) is 11.4. The Kier molecular flexibility index (Phi) is 4.45. The molecular weight excluding hydrogens is 296 g/mol. The van der Waals surface area contributed by atoms with Crippen LogP contribution in [0.2, 0.25) is 0 Å². The van der Waals surface area contributed by atoms with Crippen molar-refractivity contribution < 1.29 is 14.7 Å². The number of fused-ring (bicyclic) bond motifs is 1. The number of carboxylic acids is 1. The van der Waals surface area contributed by atoms with Gasteiger partial charge in [0.2, 0.25) is 0 Å². The summed E-state index contributed by atoms with van der Waals surface area (Å²) in [6, 6.07) is 7.60. The lowest BCUT2D eigenvalue weighted by Crippen LogP contribution is -2.40. The molecule has 0 aliphatic carbocycles. The molecule has 1 aromatic heterocycles. The molecule has 23 heavy (non-hydrogen) atoms. The molecule has 7 heteroatoms. The first-order chi connectivity index (χ1) is 11.1. The van der Waals surface area contributed by atoms with Gasteiger partial charge in [-0.25, -0.2) is 9.78 Å². The summed E-state index contributed by atoms with van der Waals surface area (Å²) in [5.74, 6) is -0.0371. The number of nitrogens with zero attached hydrogens (tertiary/aromatic N) is 2. The number of amides is 2. The molecule has 122 valence electrons. The van der Waals surface area contributed by atoms with Gasteiger partial charge in [0.15, 0.2) is 0 Å². The lowest BCUT2D eigenvalue weighted by atomic mass is 10.2. The van der Waals surface area contributed by atoms with Crippen molar-refractivity contribution in [2.45, 2.75) is 31.7 Å². The molecule has 3 N–H and O–H groups in total. The van der Waals surface area contributed by atoms with Crippen LogP contribution in [-0.2, 0) is 4.79 Å². The van der Waals surface area contributed by atoms with Crippen LogP contribution in [0.1, 0.15) is 37.5 Å². The third-order valence-electron chi connectivity index (χ3n) is 4.08. The number of likely N-dealkylation sites (tertiary alicyclic amines) is 1. The van der Waals surface area contributed by atoms with Gasteiger partial charge in [-0.05, 0) is 31.4 Å². The second-order valence-corrected chi connectivity index (χ2v) is 5.72. The monoisotopic (exact) mass is 316 g/mol. The minimum absolute atomic E-state index is 0.0538. The van der Waals surface area contributed by atoms with Gasteiger partial charge < -0.3 is 20.3 Å². The van der Waals surface area contributed by atoms with Crippen LogP contribution in [-0.4, -0.2) is 45.1 Å². The number of rotatable bonds is 5. The fourth-order valence-electron chi connectivity index (χ4n) is 2.96. The molecule has 1 aliphatic heterocycles. The van der Waals surface area contributed by atoms with Gasteiger partial charge in [0, 0.05) is 19.5 Å². The topological polar surface area (TPSA) is 98.3 Å². The first kappa shape index (κ1) is 15.3. The minimum Gasteiger partial charge on any atom is -0.481 e. The van der Waals surface area contributed by atoms with Gasteiger partial charge in [0.25, 0.3) is 0 Å². The fourth-order valence-corrected chi connectivity index (χ4v) is 2.96. The number of aromatic amines is 1. The quantitative estimate of drug-likeness (QED) is 0.737. The predicted octanol–water partition coefficient (Wildman–Crippen LogP) is 2.27. The largest absolute Gasteiger partial charge is 0.481 e. The highest BCUT2D eigenvalue weighted by Crippen LogP contribution is 2.31. The molecule has 7 nitrogen and oxygen atoms in total. The number of hydrogen-bond acceptors (Lipinski definition) is 3. The lowest BCUT2D eigenvalue weighted by molar-refractivity contribution is -0.137. The highest BCUT2D eigenvalue weighted by atomic mass is 16.4. The summed E-state index contributed by atoms with van der Waals surface area (Å²) in [4.78, 5) is 32.5. The Bertz CT molecular complexity index is 679. The van der Waals surface area contributed by atoms with Gasteiger partial charge in [-0.3, -0.25) is 4.79 Å². The van der Waals surface area contributed by atoms with E-state index in [-0.39, 0.29) is 18.5 Å². The molecule has 0 radical (unpaired) electrons. The van der Waals surface area contributed by atoms with Crippen molar-refractivity contribution in [2.75, 3.05) is 13.1 Å². The number of nitrogens with one attached hydrogen (secondary N) is 2. The van der Waals surface area contributed by atoms with Crippen molar-refractivity contribution in [3.63, 3.8) is 0 Å². The molecule has 2 amide bonds. The number of carbonyl (C=O) groups is 2. The summed E-state index contributed by atoms with van der Waals surface area (Å²) in [7, 11) is 0. The van der Waals surface area contributed by atoms with Crippen LogP contribution in [0.5, 0.6) is 0 Å². The molecule has 1 aliphatic rings. The number of hydrogen-bond donors (Lipinski definition) is 3. The maximum Gasteiger partial charge on any atom is 0.318 e. The normalized spacial score (nSPS) is 17.6. The van der Waals surface area contributed by atoms with E-state index in [9.17, 15) is 9.59 Å². The Morgan fingerprint density at radius 1 is 1.39 bits per heavy atom. The number of benzene rings is 1. The molecule has 1 saturated heterocycles. The maximum absolute atomic E-state index is 12.3. The molecular formula is C16H20N4O3. The van der Waals surface area contributed by atoms with E-state index in [2.05, 4.69) is 15.3 Å². The van der Waals surface area contributed by atoms with E-state index in [4.69, 9.17) is 5.11 Å². The number of para-hydroxylation sites is 2. The van der Waals surface area contributed by atoms with Crippen LogP contribution < -0.4 is 5.32 Å². The number of H-pyrrole nitrogens is 1. The zero-order valence-corrected chi connectivity index (χ0v) is 12.8. The van der Waals surface area contributed by atoms with E-state index in [0.29, 0.717) is 19.5 Å². The minimum atomic E-state index is -0.847. The van der Waals surface area contributed by atoms with E-state index < -0.39 is 5.97 Å². The molecule has 1 unspecified atom stereocenters. The van der Waals surface area contributed by atoms with E-state index in [1.165, 1.54) is 0 Å². The van der Waals surface area contributed by atoms with E-state index in [1.54, 1.807) is 4.90 Å². The number of carbonyl (C=O) groups excluding carboxylic acids is 1. The van der Waals surface area contributed by atoms with Crippen molar-refractivity contribution in [3.05, 3.63) is 30.1 Å². The van der Waals surface area contributed by atoms with Crippen LogP contribution in [0.3, 0.4) is 0 Å². The smallest absolute Gasteiger partial charge is 0.318 e. The predicted molar refractivity (Wildman–Crippen MR) is 85.0 cm³/mol. The number of carboxylic acid groups (broad SMARTS) is 1. The maximum atomic E-state index is 12.3. The van der Waals surface area contributed by atoms with Gasteiger partial charge in [-0.1, -0.05) is 12.1 Å². The summed E-state index contributed by atoms with van der Waals surface area (Å²) in [5.41, 5.74) is 1.87. The van der Waals surface area contributed by atoms with Gasteiger partial charge in [-0.2, -0.15) is 0 Å². The van der Waals surface area contributed by atoms with E-state index >= 15 is 0 Å². The van der Waals surface area contributed by atoms with E-state index in [0.717, 1.165) is 29.7 Å². The molecule has 0 saturated carbocycles. The lowest BCUT2D eigenvalue weighted by Gasteiger charge is -2.23. The zero-order chi connectivity index (χ0) is 16.2. The summed E-state index contributed by atoms with van der Waals surface area (Å²) < 4.78 is 0. The molecule has 0 bridgehead atoms. The van der Waals surface area contributed by atoms with Crippen LogP contribution in [0, 0.1) is 0 Å². The fraction of sp³-hybridized carbons (Fsp3) is 0.438. The second kappa shape index (κ2) is 6.68. The first-order valence-corrected chi connectivity index (χ1v) is 7.86. The van der Waals surface area contributed by atoms with Crippen LogP contribution >= 0.6 is 0 Å². The molecule has 1 aromatic carbocycles. The summed E-state index contributed by atoms with van der Waals surface area (Å²) in [6.45, 7) is 1.06. The van der Waals surface area contributed by atoms with Crippen LogP contribution in [0.15, 0.2) is 24.3 Å². The van der Waals surface area contributed by atoms with Gasteiger partial charge in [-0.15, -0.1) is 0 Å². The van der Waals surface area contributed by atoms with Crippen molar-refractivity contribution in [1.29, 1.82) is 0 Å². The first-order valence-electron chi connectivity index (χ1n) is 7.86. The number of aromatic nitrogens is 2. The zero-order valence-electron chi connectivity index (χ0n) is 12.8.